The molecule has 1 amide bonds. The largest absolute Gasteiger partial charge is 0.392 e. The van der Waals surface area contributed by atoms with Gasteiger partial charge in [-0.2, -0.15) is 0 Å². The molecule has 0 aromatic rings. The molecule has 13 heavy (non-hydrogen) atoms. The van der Waals surface area contributed by atoms with Gasteiger partial charge in [0.25, 0.3) is 0 Å². The van der Waals surface area contributed by atoms with E-state index < -0.39 is 6.10 Å². The first-order chi connectivity index (χ1) is 6.07. The molecule has 0 radical (unpaired) electrons. The summed E-state index contributed by atoms with van der Waals surface area (Å²) in [5.74, 6) is 0.0537. The molecule has 0 aliphatic rings. The SMILES string of the molecule is COCCCC(=O)N(C)CC(C)O. The lowest BCUT2D eigenvalue weighted by Gasteiger charge is -2.18. The Morgan fingerprint density at radius 1 is 1.62 bits per heavy atom. The fourth-order valence-corrected chi connectivity index (χ4v) is 1.06. The highest BCUT2D eigenvalue weighted by molar-refractivity contribution is 5.75. The Hall–Kier alpha value is -0.610. The molecule has 0 aromatic heterocycles. The van der Waals surface area contributed by atoms with Gasteiger partial charge in [0.2, 0.25) is 5.91 Å². The topological polar surface area (TPSA) is 49.8 Å². The number of aliphatic hydroxyl groups is 1. The predicted octanol–water partition coefficient (Wildman–Crippen LogP) is 0.252. The van der Waals surface area contributed by atoms with Crippen molar-refractivity contribution in [2.75, 3.05) is 27.3 Å². The maximum Gasteiger partial charge on any atom is 0.222 e. The van der Waals surface area contributed by atoms with Crippen LogP contribution in [0.5, 0.6) is 0 Å². The maximum atomic E-state index is 11.3. The van der Waals surface area contributed by atoms with E-state index in [1.807, 2.05) is 0 Å². The van der Waals surface area contributed by atoms with Crippen LogP contribution in [0.25, 0.3) is 0 Å². The van der Waals surface area contributed by atoms with Gasteiger partial charge in [0, 0.05) is 33.7 Å². The number of nitrogens with zero attached hydrogens (tertiary/aromatic N) is 1. The van der Waals surface area contributed by atoms with Crippen molar-refractivity contribution in [3.63, 3.8) is 0 Å². The Morgan fingerprint density at radius 3 is 2.69 bits per heavy atom. The highest BCUT2D eigenvalue weighted by Gasteiger charge is 2.09. The second kappa shape index (κ2) is 6.86. The standard InChI is InChI=1S/C9H19NO3/c1-8(11)7-10(2)9(12)5-4-6-13-3/h8,11H,4-7H2,1-3H3. The molecule has 0 aromatic carbocycles. The van der Waals surface area contributed by atoms with Gasteiger partial charge in [0.15, 0.2) is 0 Å². The summed E-state index contributed by atoms with van der Waals surface area (Å²) >= 11 is 0. The molecule has 0 aliphatic heterocycles. The number of likely N-dealkylation sites (N-methyl/N-ethyl adjacent to an activating group) is 1. The van der Waals surface area contributed by atoms with Crippen molar-refractivity contribution < 1.29 is 14.6 Å². The molecule has 1 unspecified atom stereocenters. The predicted molar refractivity (Wildman–Crippen MR) is 50.4 cm³/mol. The number of carbonyl (C=O) groups excluding carboxylic acids is 1. The zero-order valence-corrected chi connectivity index (χ0v) is 8.62. The van der Waals surface area contributed by atoms with Crippen molar-refractivity contribution in [3.05, 3.63) is 0 Å². The van der Waals surface area contributed by atoms with Gasteiger partial charge in [0.05, 0.1) is 6.10 Å². The van der Waals surface area contributed by atoms with Gasteiger partial charge >= 0.3 is 0 Å². The molecule has 0 rings (SSSR count). The van der Waals surface area contributed by atoms with E-state index >= 15 is 0 Å². The monoisotopic (exact) mass is 189 g/mol. The quantitative estimate of drug-likeness (QED) is 0.609. The summed E-state index contributed by atoms with van der Waals surface area (Å²) in [6, 6.07) is 0. The van der Waals surface area contributed by atoms with Crippen LogP contribution in [0.2, 0.25) is 0 Å². The molecule has 0 bridgehead atoms. The Bertz CT molecular complexity index is 148. The van der Waals surface area contributed by atoms with Gasteiger partial charge in [-0.1, -0.05) is 0 Å². The molecule has 4 heteroatoms. The highest BCUT2D eigenvalue weighted by Crippen LogP contribution is 1.97. The van der Waals surface area contributed by atoms with E-state index in [0.29, 0.717) is 19.6 Å². The van der Waals surface area contributed by atoms with Gasteiger partial charge in [-0.25, -0.2) is 0 Å². The van der Waals surface area contributed by atoms with Gasteiger partial charge in [-0.3, -0.25) is 4.79 Å². The van der Waals surface area contributed by atoms with Crippen molar-refractivity contribution in [1.29, 1.82) is 0 Å². The molecule has 1 atom stereocenters. The molecule has 78 valence electrons. The molecular weight excluding hydrogens is 170 g/mol. The fraction of sp³-hybridized carbons (Fsp3) is 0.889. The van der Waals surface area contributed by atoms with E-state index in [9.17, 15) is 4.79 Å². The highest BCUT2D eigenvalue weighted by atomic mass is 16.5. The number of aliphatic hydroxyl groups excluding tert-OH is 1. The molecule has 0 heterocycles. The van der Waals surface area contributed by atoms with Crippen molar-refractivity contribution in [2.45, 2.75) is 25.9 Å². The summed E-state index contributed by atoms with van der Waals surface area (Å²) in [5, 5.41) is 9.02. The third kappa shape index (κ3) is 6.54. The van der Waals surface area contributed by atoms with Crippen molar-refractivity contribution in [3.8, 4) is 0 Å². The van der Waals surface area contributed by atoms with Crippen LogP contribution >= 0.6 is 0 Å². The van der Waals surface area contributed by atoms with Crippen molar-refractivity contribution in [2.24, 2.45) is 0 Å². The van der Waals surface area contributed by atoms with E-state index in [4.69, 9.17) is 9.84 Å². The molecule has 0 saturated carbocycles. The number of hydrogen-bond acceptors (Lipinski definition) is 3. The Labute approximate surface area is 79.5 Å². The summed E-state index contributed by atoms with van der Waals surface area (Å²) in [6.07, 6.45) is 0.757. The molecule has 0 saturated heterocycles. The summed E-state index contributed by atoms with van der Waals surface area (Å²) in [6.45, 7) is 2.67. The van der Waals surface area contributed by atoms with Crippen LogP contribution in [0.3, 0.4) is 0 Å². The number of carbonyl (C=O) groups is 1. The van der Waals surface area contributed by atoms with Gasteiger partial charge < -0.3 is 14.7 Å². The number of methoxy groups -OCH3 is 1. The lowest BCUT2D eigenvalue weighted by atomic mass is 10.3. The third-order valence-corrected chi connectivity index (χ3v) is 1.70. The Kier molecular flexibility index (Phi) is 6.54. The zero-order chi connectivity index (χ0) is 10.3. The van der Waals surface area contributed by atoms with E-state index in [0.717, 1.165) is 6.42 Å². The van der Waals surface area contributed by atoms with E-state index in [-0.39, 0.29) is 5.91 Å². The van der Waals surface area contributed by atoms with Crippen LogP contribution in [0.15, 0.2) is 0 Å². The van der Waals surface area contributed by atoms with Gasteiger partial charge in [-0.05, 0) is 13.3 Å². The van der Waals surface area contributed by atoms with Crippen LogP contribution < -0.4 is 0 Å². The minimum atomic E-state index is -0.462. The number of amides is 1. The van der Waals surface area contributed by atoms with Gasteiger partial charge in [-0.15, -0.1) is 0 Å². The first-order valence-electron chi connectivity index (χ1n) is 4.49. The van der Waals surface area contributed by atoms with Crippen LogP contribution in [-0.4, -0.2) is 49.3 Å². The lowest BCUT2D eigenvalue weighted by molar-refractivity contribution is -0.131. The van der Waals surface area contributed by atoms with Crippen molar-refractivity contribution >= 4 is 5.91 Å². The minimum Gasteiger partial charge on any atom is -0.392 e. The van der Waals surface area contributed by atoms with Crippen LogP contribution in [0.1, 0.15) is 19.8 Å². The van der Waals surface area contributed by atoms with Crippen LogP contribution in [0.4, 0.5) is 0 Å². The van der Waals surface area contributed by atoms with E-state index in [1.54, 1.807) is 26.0 Å². The summed E-state index contributed by atoms with van der Waals surface area (Å²) < 4.78 is 4.83. The summed E-state index contributed by atoms with van der Waals surface area (Å²) in [4.78, 5) is 12.9. The smallest absolute Gasteiger partial charge is 0.222 e. The summed E-state index contributed by atoms with van der Waals surface area (Å²) in [5.41, 5.74) is 0. The molecular formula is C9H19NO3. The first kappa shape index (κ1) is 12.4. The second-order valence-electron chi connectivity index (χ2n) is 3.22. The molecule has 0 aliphatic carbocycles. The number of hydrogen-bond donors (Lipinski definition) is 1. The second-order valence-corrected chi connectivity index (χ2v) is 3.22. The van der Waals surface area contributed by atoms with Crippen molar-refractivity contribution in [1.82, 2.24) is 4.90 Å². The maximum absolute atomic E-state index is 11.3. The third-order valence-electron chi connectivity index (χ3n) is 1.70. The minimum absolute atomic E-state index is 0.0537. The van der Waals surface area contributed by atoms with Crippen LogP contribution in [-0.2, 0) is 9.53 Å². The Morgan fingerprint density at radius 2 is 2.23 bits per heavy atom. The average Bonchev–Trinajstić information content (AvgIpc) is 2.03. The lowest BCUT2D eigenvalue weighted by Crippen LogP contribution is -2.32. The first-order valence-corrected chi connectivity index (χ1v) is 4.49. The fourth-order valence-electron chi connectivity index (χ4n) is 1.06. The van der Waals surface area contributed by atoms with Gasteiger partial charge in [0.1, 0.15) is 0 Å². The normalized spacial score (nSPS) is 12.6. The molecule has 1 N–H and O–H groups in total. The summed E-state index contributed by atoms with van der Waals surface area (Å²) in [7, 11) is 3.31. The number of rotatable bonds is 6. The molecule has 4 nitrogen and oxygen atoms in total. The zero-order valence-electron chi connectivity index (χ0n) is 8.62. The molecule has 0 fully saturated rings. The Balaban J connectivity index is 3.57. The van der Waals surface area contributed by atoms with E-state index in [1.165, 1.54) is 0 Å². The molecule has 0 spiro atoms. The van der Waals surface area contributed by atoms with Crippen LogP contribution in [0, 0.1) is 0 Å². The average molecular weight is 189 g/mol. The number of ether oxygens (including phenoxy) is 1. The van der Waals surface area contributed by atoms with E-state index in [2.05, 4.69) is 0 Å².